The van der Waals surface area contributed by atoms with E-state index in [1.54, 1.807) is 10.9 Å². The van der Waals surface area contributed by atoms with Gasteiger partial charge in [-0.3, -0.25) is 4.79 Å². The second-order valence-corrected chi connectivity index (χ2v) is 4.88. The number of hydrogen-bond acceptors (Lipinski definition) is 5. The molecule has 0 saturated heterocycles. The van der Waals surface area contributed by atoms with E-state index in [1.807, 2.05) is 0 Å². The van der Waals surface area contributed by atoms with Crippen molar-refractivity contribution in [3.05, 3.63) is 23.0 Å². The fraction of sp³-hybridized carbons (Fsp3) is 0.545. The van der Waals surface area contributed by atoms with Crippen LogP contribution in [0.15, 0.2) is 17.4 Å². The van der Waals surface area contributed by atoms with Gasteiger partial charge in [0.25, 0.3) is 5.56 Å². The first-order valence-electron chi connectivity index (χ1n) is 5.80. The average Bonchev–Trinajstić information content (AvgIpc) is 2.94. The molecule has 2 atom stereocenters. The van der Waals surface area contributed by atoms with E-state index < -0.39 is 0 Å². The monoisotopic (exact) mass is 250 g/mol. The van der Waals surface area contributed by atoms with Gasteiger partial charge < -0.3 is 19.8 Å². The van der Waals surface area contributed by atoms with Crippen molar-refractivity contribution in [3.63, 3.8) is 0 Å². The molecule has 0 bridgehead atoms. The predicted octanol–water partition coefficient (Wildman–Crippen LogP) is -0.890. The zero-order valence-corrected chi connectivity index (χ0v) is 9.70. The first kappa shape index (κ1) is 11.4. The molecule has 2 aromatic heterocycles. The number of aliphatic hydroxyl groups is 2. The second-order valence-electron chi connectivity index (χ2n) is 4.88. The van der Waals surface area contributed by atoms with E-state index in [9.17, 15) is 9.90 Å². The molecule has 0 aliphatic heterocycles. The summed E-state index contributed by atoms with van der Waals surface area (Å²) in [5.74, 6) is 0.113. The molecule has 7 heteroatoms. The van der Waals surface area contributed by atoms with Gasteiger partial charge in [0.2, 0.25) is 0 Å². The molecule has 0 aromatic carbocycles. The van der Waals surface area contributed by atoms with E-state index in [0.717, 1.165) is 6.42 Å². The Bertz CT molecular complexity index is 634. The minimum absolute atomic E-state index is 0.0150. The van der Waals surface area contributed by atoms with Gasteiger partial charge in [-0.25, -0.2) is 9.97 Å². The lowest BCUT2D eigenvalue weighted by Crippen LogP contribution is -2.19. The van der Waals surface area contributed by atoms with Crippen molar-refractivity contribution in [2.24, 2.45) is 11.3 Å². The van der Waals surface area contributed by atoms with Gasteiger partial charge in [-0.1, -0.05) is 0 Å². The molecule has 18 heavy (non-hydrogen) atoms. The maximum atomic E-state index is 11.5. The standard InChI is InChI=1S/C11H14N4O3/c16-2-7-1-11(7,4-17)3-15-6-14-8-9(15)12-5-13-10(8)18/h5-7,16-17H,1-4H2,(H,12,13,18)/t7-,11+/m1/s1. The number of hydrogen-bond donors (Lipinski definition) is 3. The van der Waals surface area contributed by atoms with E-state index in [1.165, 1.54) is 6.33 Å². The third-order valence-corrected chi connectivity index (χ3v) is 3.79. The molecule has 0 amide bonds. The Morgan fingerprint density at radius 2 is 2.33 bits per heavy atom. The van der Waals surface area contributed by atoms with Crippen LogP contribution in [0, 0.1) is 11.3 Å². The summed E-state index contributed by atoms with van der Waals surface area (Å²) in [6.45, 7) is 0.601. The number of nitrogens with one attached hydrogen (secondary N) is 1. The van der Waals surface area contributed by atoms with Crippen molar-refractivity contribution in [1.82, 2.24) is 19.5 Å². The number of aromatic nitrogens is 4. The van der Waals surface area contributed by atoms with Crippen LogP contribution >= 0.6 is 0 Å². The lowest BCUT2D eigenvalue weighted by atomic mass is 10.1. The van der Waals surface area contributed by atoms with Gasteiger partial charge in [0.1, 0.15) is 0 Å². The lowest BCUT2D eigenvalue weighted by molar-refractivity contribution is 0.158. The maximum Gasteiger partial charge on any atom is 0.278 e. The second kappa shape index (κ2) is 3.89. The van der Waals surface area contributed by atoms with Crippen molar-refractivity contribution >= 4 is 11.2 Å². The highest BCUT2D eigenvalue weighted by molar-refractivity contribution is 5.68. The van der Waals surface area contributed by atoms with Crippen LogP contribution in [0.3, 0.4) is 0 Å². The van der Waals surface area contributed by atoms with Gasteiger partial charge in [-0.2, -0.15) is 0 Å². The normalized spacial score (nSPS) is 26.7. The Labute approximate surface area is 102 Å². The summed E-state index contributed by atoms with van der Waals surface area (Å²) in [4.78, 5) is 22.1. The number of aromatic amines is 1. The van der Waals surface area contributed by atoms with Gasteiger partial charge in [-0.15, -0.1) is 0 Å². The fourth-order valence-electron chi connectivity index (χ4n) is 2.47. The van der Waals surface area contributed by atoms with Crippen LogP contribution in [-0.2, 0) is 6.54 Å². The number of imidazole rings is 1. The summed E-state index contributed by atoms with van der Waals surface area (Å²) >= 11 is 0. The Morgan fingerprint density at radius 3 is 3.00 bits per heavy atom. The van der Waals surface area contributed by atoms with Crippen LogP contribution in [0.4, 0.5) is 0 Å². The minimum atomic E-state index is -0.299. The van der Waals surface area contributed by atoms with Gasteiger partial charge in [-0.05, 0) is 12.3 Å². The first-order valence-corrected chi connectivity index (χ1v) is 5.80. The van der Waals surface area contributed by atoms with Crippen LogP contribution in [0.5, 0.6) is 0 Å². The molecule has 7 nitrogen and oxygen atoms in total. The summed E-state index contributed by atoms with van der Waals surface area (Å²) < 4.78 is 1.76. The molecule has 1 aliphatic rings. The quantitative estimate of drug-likeness (QED) is 0.653. The number of H-pyrrole nitrogens is 1. The number of rotatable bonds is 4. The fourth-order valence-corrected chi connectivity index (χ4v) is 2.47. The van der Waals surface area contributed by atoms with Crippen molar-refractivity contribution in [2.45, 2.75) is 13.0 Å². The van der Waals surface area contributed by atoms with Crippen LogP contribution < -0.4 is 5.56 Å². The van der Waals surface area contributed by atoms with Crippen molar-refractivity contribution in [3.8, 4) is 0 Å². The summed E-state index contributed by atoms with van der Waals surface area (Å²) in [5, 5.41) is 18.6. The lowest BCUT2D eigenvalue weighted by Gasteiger charge is -2.14. The molecule has 3 N–H and O–H groups in total. The highest BCUT2D eigenvalue weighted by Crippen LogP contribution is 2.53. The molecule has 96 valence electrons. The topological polar surface area (TPSA) is 104 Å². The molecule has 2 aromatic rings. The van der Waals surface area contributed by atoms with Gasteiger partial charge in [0, 0.05) is 18.6 Å². The minimum Gasteiger partial charge on any atom is -0.396 e. The Balaban J connectivity index is 1.97. The summed E-state index contributed by atoms with van der Waals surface area (Å²) in [7, 11) is 0. The Morgan fingerprint density at radius 1 is 1.50 bits per heavy atom. The highest BCUT2D eigenvalue weighted by Gasteiger charge is 2.53. The summed E-state index contributed by atoms with van der Waals surface area (Å²) in [6.07, 6.45) is 3.67. The van der Waals surface area contributed by atoms with E-state index in [-0.39, 0.29) is 30.1 Å². The number of nitrogens with zero attached hydrogens (tertiary/aromatic N) is 3. The molecule has 2 heterocycles. The summed E-state index contributed by atoms with van der Waals surface area (Å²) in [5.41, 5.74) is 0.236. The van der Waals surface area contributed by atoms with Crippen LogP contribution in [0.2, 0.25) is 0 Å². The molecule has 1 aliphatic carbocycles. The summed E-state index contributed by atoms with van der Waals surface area (Å²) in [6, 6.07) is 0. The average molecular weight is 250 g/mol. The van der Waals surface area contributed by atoms with Crippen molar-refractivity contribution in [1.29, 1.82) is 0 Å². The van der Waals surface area contributed by atoms with Gasteiger partial charge >= 0.3 is 0 Å². The largest absolute Gasteiger partial charge is 0.396 e. The van der Waals surface area contributed by atoms with E-state index >= 15 is 0 Å². The van der Waals surface area contributed by atoms with Gasteiger partial charge in [0.15, 0.2) is 11.2 Å². The van der Waals surface area contributed by atoms with Crippen LogP contribution in [0.1, 0.15) is 6.42 Å². The van der Waals surface area contributed by atoms with E-state index in [0.29, 0.717) is 17.7 Å². The predicted molar refractivity (Wildman–Crippen MR) is 62.9 cm³/mol. The zero-order valence-electron chi connectivity index (χ0n) is 9.70. The molecule has 0 radical (unpaired) electrons. The molecular weight excluding hydrogens is 236 g/mol. The highest BCUT2D eigenvalue weighted by atomic mass is 16.3. The maximum absolute atomic E-state index is 11.5. The Kier molecular flexibility index (Phi) is 2.46. The zero-order chi connectivity index (χ0) is 12.8. The number of fused-ring (bicyclic) bond motifs is 1. The van der Waals surface area contributed by atoms with E-state index in [2.05, 4.69) is 15.0 Å². The van der Waals surface area contributed by atoms with E-state index in [4.69, 9.17) is 5.11 Å². The SMILES string of the molecule is O=c1[nH]cnc2c1ncn2C[C@]1(CO)C[C@@H]1CO. The van der Waals surface area contributed by atoms with Crippen molar-refractivity contribution in [2.75, 3.05) is 13.2 Å². The van der Waals surface area contributed by atoms with Crippen LogP contribution in [0.25, 0.3) is 11.2 Å². The first-order chi connectivity index (χ1) is 8.70. The molecule has 0 unspecified atom stereocenters. The molecule has 1 fully saturated rings. The van der Waals surface area contributed by atoms with Crippen molar-refractivity contribution < 1.29 is 10.2 Å². The molecular formula is C11H14N4O3. The van der Waals surface area contributed by atoms with Gasteiger partial charge in [0.05, 0.1) is 19.3 Å². The third kappa shape index (κ3) is 1.55. The number of aliphatic hydroxyl groups excluding tert-OH is 2. The molecule has 3 rings (SSSR count). The molecule has 0 spiro atoms. The smallest absolute Gasteiger partial charge is 0.278 e. The third-order valence-electron chi connectivity index (χ3n) is 3.79. The Hall–Kier alpha value is -1.73. The van der Waals surface area contributed by atoms with Crippen LogP contribution in [-0.4, -0.2) is 42.9 Å². The molecule has 1 saturated carbocycles.